The number of hydrogen-bond donors (Lipinski definition) is 0. The first-order valence-electron chi connectivity index (χ1n) is 6.05. The molecule has 0 fully saturated rings. The molecule has 19 heavy (non-hydrogen) atoms. The molecule has 0 saturated carbocycles. The van der Waals surface area contributed by atoms with Crippen LogP contribution in [-0.2, 0) is 16.6 Å². The number of benzene rings is 1. The van der Waals surface area contributed by atoms with Crippen molar-refractivity contribution < 1.29 is 8.42 Å². The first-order chi connectivity index (χ1) is 9.10. The van der Waals surface area contributed by atoms with Crippen LogP contribution in [0.3, 0.4) is 0 Å². The maximum absolute atomic E-state index is 12.1. The van der Waals surface area contributed by atoms with Crippen molar-refractivity contribution in [3.63, 3.8) is 0 Å². The Hall–Kier alpha value is -1.09. The van der Waals surface area contributed by atoms with Crippen molar-refractivity contribution >= 4 is 21.6 Å². The Morgan fingerprint density at radius 3 is 2.47 bits per heavy atom. The fraction of sp³-hybridized carbons (Fsp3) is 0.462. The highest BCUT2D eigenvalue weighted by molar-refractivity contribution is 7.89. The van der Waals surface area contributed by atoms with Crippen LogP contribution in [0, 0.1) is 11.3 Å². The Labute approximate surface area is 119 Å². The maximum Gasteiger partial charge on any atom is 0.215 e. The summed E-state index contributed by atoms with van der Waals surface area (Å²) in [5.41, 5.74) is 0.874. The average molecular weight is 301 g/mol. The van der Waals surface area contributed by atoms with Crippen molar-refractivity contribution in [1.29, 1.82) is 5.26 Å². The lowest BCUT2D eigenvalue weighted by molar-refractivity contribution is 0.440. The lowest BCUT2D eigenvalue weighted by Gasteiger charge is -2.19. The van der Waals surface area contributed by atoms with Crippen LogP contribution in [-0.4, -0.2) is 30.9 Å². The standard InChI is InChI=1S/C13H17ClN2O2S/c14-8-4-5-11-19(17,18)16(10-9-15)12-13-6-2-1-3-7-13/h1-3,6-7H,4-5,8,10-12H2. The Morgan fingerprint density at radius 2 is 1.89 bits per heavy atom. The van der Waals surface area contributed by atoms with E-state index in [-0.39, 0.29) is 18.8 Å². The van der Waals surface area contributed by atoms with E-state index in [1.54, 1.807) is 0 Å². The van der Waals surface area contributed by atoms with Gasteiger partial charge in [0.15, 0.2) is 0 Å². The molecule has 1 aromatic carbocycles. The fourth-order valence-corrected chi connectivity index (χ4v) is 3.24. The van der Waals surface area contributed by atoms with Crippen LogP contribution in [0.1, 0.15) is 18.4 Å². The van der Waals surface area contributed by atoms with Crippen LogP contribution < -0.4 is 0 Å². The molecule has 0 spiro atoms. The van der Waals surface area contributed by atoms with Crippen LogP contribution >= 0.6 is 11.6 Å². The van der Waals surface area contributed by atoms with Crippen LogP contribution in [0.5, 0.6) is 0 Å². The Bertz CT molecular complexity index is 511. The third kappa shape index (κ3) is 5.60. The molecule has 0 radical (unpaired) electrons. The molecule has 0 aliphatic rings. The molecule has 0 saturated heterocycles. The highest BCUT2D eigenvalue weighted by Gasteiger charge is 2.21. The predicted octanol–water partition coefficient (Wildman–Crippen LogP) is 2.36. The number of alkyl halides is 1. The van der Waals surface area contributed by atoms with E-state index in [1.165, 1.54) is 4.31 Å². The SMILES string of the molecule is N#CCN(Cc1ccccc1)S(=O)(=O)CCCCCl. The third-order valence-corrected chi connectivity index (χ3v) is 4.74. The minimum atomic E-state index is -3.40. The molecule has 1 aromatic rings. The molecule has 6 heteroatoms. The number of halogens is 1. The molecule has 0 aromatic heterocycles. The van der Waals surface area contributed by atoms with Gasteiger partial charge in [0.2, 0.25) is 10.0 Å². The van der Waals surface area contributed by atoms with Gasteiger partial charge in [0.05, 0.1) is 11.8 Å². The zero-order valence-corrected chi connectivity index (χ0v) is 12.2. The van der Waals surface area contributed by atoms with Gasteiger partial charge in [-0.15, -0.1) is 11.6 Å². The summed E-state index contributed by atoms with van der Waals surface area (Å²) in [5.74, 6) is 0.487. The molecule has 0 bridgehead atoms. The fourth-order valence-electron chi connectivity index (χ4n) is 1.63. The average Bonchev–Trinajstić information content (AvgIpc) is 2.39. The molecular formula is C13H17ClN2O2S. The monoisotopic (exact) mass is 300 g/mol. The number of nitriles is 1. The summed E-state index contributed by atoms with van der Waals surface area (Å²) in [5, 5.41) is 8.77. The molecular weight excluding hydrogens is 284 g/mol. The van der Waals surface area contributed by atoms with Crippen molar-refractivity contribution in [2.24, 2.45) is 0 Å². The van der Waals surface area contributed by atoms with Gasteiger partial charge in [-0.3, -0.25) is 0 Å². The highest BCUT2D eigenvalue weighted by atomic mass is 35.5. The maximum atomic E-state index is 12.1. The van der Waals surface area contributed by atoms with Gasteiger partial charge in [0, 0.05) is 12.4 Å². The molecule has 0 unspecified atom stereocenters. The van der Waals surface area contributed by atoms with Gasteiger partial charge >= 0.3 is 0 Å². The zero-order chi connectivity index (χ0) is 14.1. The van der Waals surface area contributed by atoms with Gasteiger partial charge in [-0.25, -0.2) is 8.42 Å². The summed E-state index contributed by atoms with van der Waals surface area (Å²) in [6.45, 7) is 0.107. The van der Waals surface area contributed by atoms with E-state index in [4.69, 9.17) is 16.9 Å². The van der Waals surface area contributed by atoms with Gasteiger partial charge in [0.1, 0.15) is 6.54 Å². The molecule has 0 N–H and O–H groups in total. The van der Waals surface area contributed by atoms with E-state index >= 15 is 0 Å². The van der Waals surface area contributed by atoms with E-state index in [9.17, 15) is 8.42 Å². The third-order valence-electron chi connectivity index (χ3n) is 2.63. The minimum Gasteiger partial charge on any atom is -0.212 e. The molecule has 0 aliphatic heterocycles. The normalized spacial score (nSPS) is 11.4. The number of rotatable bonds is 8. The summed E-state index contributed by atoms with van der Waals surface area (Å²) < 4.78 is 25.5. The van der Waals surface area contributed by atoms with E-state index in [2.05, 4.69) is 0 Å². The summed E-state index contributed by atoms with van der Waals surface area (Å²) >= 11 is 5.54. The minimum absolute atomic E-state index is 0.0359. The molecule has 104 valence electrons. The Kier molecular flexibility index (Phi) is 6.85. The quantitative estimate of drug-likeness (QED) is 0.421. The van der Waals surface area contributed by atoms with Crippen molar-refractivity contribution in [3.8, 4) is 6.07 Å². The van der Waals surface area contributed by atoms with E-state index < -0.39 is 10.0 Å². The molecule has 0 heterocycles. The second-order valence-corrected chi connectivity index (χ2v) is 6.59. The van der Waals surface area contributed by atoms with Crippen LogP contribution in [0.25, 0.3) is 0 Å². The lowest BCUT2D eigenvalue weighted by atomic mass is 10.2. The Balaban J connectivity index is 2.74. The van der Waals surface area contributed by atoms with Crippen molar-refractivity contribution in [2.45, 2.75) is 19.4 Å². The zero-order valence-electron chi connectivity index (χ0n) is 10.6. The van der Waals surface area contributed by atoms with Crippen molar-refractivity contribution in [3.05, 3.63) is 35.9 Å². The van der Waals surface area contributed by atoms with Crippen LogP contribution in [0.15, 0.2) is 30.3 Å². The summed E-state index contributed by atoms with van der Waals surface area (Å²) in [6.07, 6.45) is 1.18. The van der Waals surface area contributed by atoms with Crippen LogP contribution in [0.4, 0.5) is 0 Å². The predicted molar refractivity (Wildman–Crippen MR) is 76.2 cm³/mol. The van der Waals surface area contributed by atoms with Gasteiger partial charge in [-0.1, -0.05) is 30.3 Å². The Morgan fingerprint density at radius 1 is 1.21 bits per heavy atom. The van der Waals surface area contributed by atoms with Crippen molar-refractivity contribution in [1.82, 2.24) is 4.31 Å². The second kappa shape index (κ2) is 8.16. The summed E-state index contributed by atoms with van der Waals surface area (Å²) in [4.78, 5) is 0. The van der Waals surface area contributed by atoms with Gasteiger partial charge < -0.3 is 0 Å². The second-order valence-electron chi connectivity index (χ2n) is 4.12. The highest BCUT2D eigenvalue weighted by Crippen LogP contribution is 2.11. The first kappa shape index (κ1) is 16.0. The van der Waals surface area contributed by atoms with E-state index in [0.29, 0.717) is 18.7 Å². The first-order valence-corrected chi connectivity index (χ1v) is 8.19. The lowest BCUT2D eigenvalue weighted by Crippen LogP contribution is -2.33. The molecule has 1 rings (SSSR count). The topological polar surface area (TPSA) is 61.2 Å². The summed E-state index contributed by atoms with van der Waals surface area (Å²) in [6, 6.07) is 11.2. The van der Waals surface area contributed by atoms with E-state index in [0.717, 1.165) is 5.56 Å². The largest absolute Gasteiger partial charge is 0.215 e. The molecule has 0 atom stereocenters. The molecule has 0 amide bonds. The van der Waals surface area contributed by atoms with Gasteiger partial charge in [0.25, 0.3) is 0 Å². The molecule has 4 nitrogen and oxygen atoms in total. The van der Waals surface area contributed by atoms with Gasteiger partial charge in [-0.2, -0.15) is 9.57 Å². The van der Waals surface area contributed by atoms with E-state index in [1.807, 2.05) is 36.4 Å². The van der Waals surface area contributed by atoms with Crippen molar-refractivity contribution in [2.75, 3.05) is 18.2 Å². The number of sulfonamides is 1. The smallest absolute Gasteiger partial charge is 0.212 e. The molecule has 0 aliphatic carbocycles. The van der Waals surface area contributed by atoms with Gasteiger partial charge in [-0.05, 0) is 18.4 Å². The number of unbranched alkanes of at least 4 members (excludes halogenated alkanes) is 1. The number of nitrogens with zero attached hydrogens (tertiary/aromatic N) is 2. The number of hydrogen-bond acceptors (Lipinski definition) is 3. The van der Waals surface area contributed by atoms with Crippen LogP contribution in [0.2, 0.25) is 0 Å². The summed E-state index contributed by atoms with van der Waals surface area (Å²) in [7, 11) is -3.40.